The molecule has 8 nitrogen and oxygen atoms in total. The Morgan fingerprint density at radius 1 is 1.25 bits per heavy atom. The van der Waals surface area contributed by atoms with Gasteiger partial charge in [-0.3, -0.25) is 4.79 Å². The van der Waals surface area contributed by atoms with E-state index >= 15 is 0 Å². The van der Waals surface area contributed by atoms with Crippen LogP contribution in [0.25, 0.3) is 0 Å². The van der Waals surface area contributed by atoms with Crippen molar-refractivity contribution in [2.24, 2.45) is 5.41 Å². The zero-order valence-electron chi connectivity index (χ0n) is 14.0. The minimum atomic E-state index is -0.433. The molecule has 0 saturated carbocycles. The Hall–Kier alpha value is -2.09. The van der Waals surface area contributed by atoms with Crippen molar-refractivity contribution in [2.75, 3.05) is 37.6 Å². The van der Waals surface area contributed by atoms with E-state index in [9.17, 15) is 4.79 Å². The van der Waals surface area contributed by atoms with Crippen LogP contribution in [0.15, 0.2) is 0 Å². The van der Waals surface area contributed by atoms with Crippen molar-refractivity contribution in [1.82, 2.24) is 20.2 Å². The molecule has 0 radical (unpaired) electrons. The predicted octanol–water partition coefficient (Wildman–Crippen LogP) is -0.0633. The lowest BCUT2D eigenvalue weighted by Crippen LogP contribution is -2.48. The molecule has 1 amide bonds. The first-order valence-corrected chi connectivity index (χ1v) is 8.52. The molecule has 24 heavy (non-hydrogen) atoms. The molecule has 130 valence electrons. The van der Waals surface area contributed by atoms with Crippen LogP contribution < -0.4 is 21.5 Å². The average Bonchev–Trinajstić information content (AvgIpc) is 3.11. The van der Waals surface area contributed by atoms with Crippen molar-refractivity contribution in [2.45, 2.75) is 38.2 Å². The SMILES string of the molecule is CC1(C(=O)N2CCC3(Cc4c(N)nc(N)nc4O3)C2)CCNCC1. The van der Waals surface area contributed by atoms with Gasteiger partial charge < -0.3 is 26.4 Å². The van der Waals surface area contributed by atoms with E-state index in [0.717, 1.165) is 37.9 Å². The van der Waals surface area contributed by atoms with Gasteiger partial charge in [0.2, 0.25) is 17.7 Å². The molecule has 0 aromatic carbocycles. The zero-order valence-corrected chi connectivity index (χ0v) is 14.0. The molecule has 1 unspecified atom stereocenters. The number of nitrogens with two attached hydrogens (primary N) is 2. The quantitative estimate of drug-likeness (QED) is 0.659. The summed E-state index contributed by atoms with van der Waals surface area (Å²) in [5, 5.41) is 3.32. The average molecular weight is 332 g/mol. The van der Waals surface area contributed by atoms with Gasteiger partial charge in [-0.2, -0.15) is 9.97 Å². The summed E-state index contributed by atoms with van der Waals surface area (Å²) in [4.78, 5) is 23.1. The van der Waals surface area contributed by atoms with Crippen LogP contribution in [0.1, 0.15) is 31.7 Å². The van der Waals surface area contributed by atoms with Gasteiger partial charge in [-0.25, -0.2) is 0 Å². The standard InChI is InChI=1S/C16H24N6O2/c1-15(2-5-19-6-3-15)13(23)22-7-4-16(9-22)8-10-11(17)20-14(18)21-12(10)24-16/h19H,2-9H2,1H3,(H4,17,18,20,21). The van der Waals surface area contributed by atoms with Crippen molar-refractivity contribution in [3.63, 3.8) is 0 Å². The normalized spacial score (nSPS) is 28.0. The first kappa shape index (κ1) is 15.4. The number of anilines is 2. The second kappa shape index (κ2) is 5.20. The predicted molar refractivity (Wildman–Crippen MR) is 89.3 cm³/mol. The van der Waals surface area contributed by atoms with Gasteiger partial charge in [-0.1, -0.05) is 6.92 Å². The van der Waals surface area contributed by atoms with Gasteiger partial charge in [0.05, 0.1) is 12.1 Å². The molecule has 4 rings (SSSR count). The van der Waals surface area contributed by atoms with Crippen LogP contribution in [0, 0.1) is 5.41 Å². The van der Waals surface area contributed by atoms with Crippen LogP contribution in [0.3, 0.4) is 0 Å². The number of amides is 1. The number of hydrogen-bond donors (Lipinski definition) is 3. The highest BCUT2D eigenvalue weighted by Crippen LogP contribution is 2.43. The van der Waals surface area contributed by atoms with Crippen molar-refractivity contribution < 1.29 is 9.53 Å². The number of rotatable bonds is 1. The number of fused-ring (bicyclic) bond motifs is 1. The lowest BCUT2D eigenvalue weighted by atomic mass is 9.79. The lowest BCUT2D eigenvalue weighted by molar-refractivity contribution is -0.142. The number of likely N-dealkylation sites (tertiary alicyclic amines) is 1. The minimum Gasteiger partial charge on any atom is -0.468 e. The van der Waals surface area contributed by atoms with E-state index in [1.165, 1.54) is 0 Å². The molecule has 0 bridgehead atoms. The van der Waals surface area contributed by atoms with Crippen molar-refractivity contribution in [3.05, 3.63) is 5.56 Å². The molecular weight excluding hydrogens is 308 g/mol. The van der Waals surface area contributed by atoms with Gasteiger partial charge in [0, 0.05) is 24.8 Å². The summed E-state index contributed by atoms with van der Waals surface area (Å²) >= 11 is 0. The van der Waals surface area contributed by atoms with E-state index in [-0.39, 0.29) is 17.3 Å². The molecule has 8 heteroatoms. The van der Waals surface area contributed by atoms with E-state index in [4.69, 9.17) is 16.2 Å². The monoisotopic (exact) mass is 332 g/mol. The molecule has 4 heterocycles. The highest BCUT2D eigenvalue weighted by molar-refractivity contribution is 5.83. The van der Waals surface area contributed by atoms with Crippen molar-refractivity contribution in [3.8, 4) is 5.88 Å². The summed E-state index contributed by atoms with van der Waals surface area (Å²) in [6.45, 7) is 5.15. The number of carbonyl (C=O) groups excluding carboxylic acids is 1. The summed E-state index contributed by atoms with van der Waals surface area (Å²) in [6.07, 6.45) is 3.18. The number of piperidine rings is 1. The van der Waals surface area contributed by atoms with Crippen LogP contribution in [0.2, 0.25) is 0 Å². The van der Waals surface area contributed by atoms with E-state index in [2.05, 4.69) is 22.2 Å². The Bertz CT molecular complexity index is 687. The number of nitrogens with one attached hydrogen (secondary N) is 1. The second-order valence-electron chi connectivity index (χ2n) is 7.50. The largest absolute Gasteiger partial charge is 0.468 e. The number of ether oxygens (including phenoxy) is 1. The number of nitrogen functional groups attached to an aromatic ring is 2. The van der Waals surface area contributed by atoms with Gasteiger partial charge in [0.25, 0.3) is 0 Å². The summed E-state index contributed by atoms with van der Waals surface area (Å²) in [5.41, 5.74) is 11.7. The molecule has 2 saturated heterocycles. The molecule has 0 aliphatic carbocycles. The summed E-state index contributed by atoms with van der Waals surface area (Å²) < 4.78 is 6.10. The van der Waals surface area contributed by atoms with Crippen LogP contribution >= 0.6 is 0 Å². The second-order valence-corrected chi connectivity index (χ2v) is 7.50. The fraction of sp³-hybridized carbons (Fsp3) is 0.688. The van der Waals surface area contributed by atoms with Gasteiger partial charge in [0.1, 0.15) is 11.4 Å². The maximum Gasteiger partial charge on any atom is 0.228 e. The molecule has 1 aromatic heterocycles. The van der Waals surface area contributed by atoms with Crippen LogP contribution in [0.5, 0.6) is 5.88 Å². The smallest absolute Gasteiger partial charge is 0.228 e. The summed E-state index contributed by atoms with van der Waals surface area (Å²) in [5.74, 6) is 1.21. The maximum atomic E-state index is 13.0. The van der Waals surface area contributed by atoms with Crippen LogP contribution in [0.4, 0.5) is 11.8 Å². The highest BCUT2D eigenvalue weighted by atomic mass is 16.5. The fourth-order valence-electron chi connectivity index (χ4n) is 4.13. The van der Waals surface area contributed by atoms with Crippen LogP contribution in [-0.2, 0) is 11.2 Å². The Labute approximate surface area is 140 Å². The Kier molecular flexibility index (Phi) is 3.35. The van der Waals surface area contributed by atoms with Gasteiger partial charge in [-0.15, -0.1) is 0 Å². The number of carbonyl (C=O) groups is 1. The van der Waals surface area contributed by atoms with Crippen LogP contribution in [-0.4, -0.2) is 52.6 Å². The third kappa shape index (κ3) is 2.36. The van der Waals surface area contributed by atoms with Crippen molar-refractivity contribution >= 4 is 17.7 Å². The number of hydrogen-bond acceptors (Lipinski definition) is 7. The van der Waals surface area contributed by atoms with Gasteiger partial charge in [0.15, 0.2) is 0 Å². The van der Waals surface area contributed by atoms with Gasteiger partial charge in [-0.05, 0) is 25.9 Å². The topological polar surface area (TPSA) is 119 Å². The van der Waals surface area contributed by atoms with E-state index < -0.39 is 5.60 Å². The third-order valence-corrected chi connectivity index (χ3v) is 5.66. The number of nitrogens with zero attached hydrogens (tertiary/aromatic N) is 3. The molecule has 1 aromatic rings. The Morgan fingerprint density at radius 3 is 2.75 bits per heavy atom. The summed E-state index contributed by atoms with van der Waals surface area (Å²) in [6, 6.07) is 0. The maximum absolute atomic E-state index is 13.0. The van der Waals surface area contributed by atoms with Crippen molar-refractivity contribution in [1.29, 1.82) is 0 Å². The Morgan fingerprint density at radius 2 is 2.00 bits per heavy atom. The minimum absolute atomic E-state index is 0.122. The molecule has 2 fully saturated rings. The number of aromatic nitrogens is 2. The zero-order chi connectivity index (χ0) is 16.9. The molecule has 1 spiro atoms. The fourth-order valence-corrected chi connectivity index (χ4v) is 4.13. The van der Waals surface area contributed by atoms with E-state index in [1.807, 2.05) is 4.90 Å². The van der Waals surface area contributed by atoms with Gasteiger partial charge >= 0.3 is 0 Å². The summed E-state index contributed by atoms with van der Waals surface area (Å²) in [7, 11) is 0. The Balaban J connectivity index is 1.51. The van der Waals surface area contributed by atoms with E-state index in [1.54, 1.807) is 0 Å². The molecule has 3 aliphatic rings. The first-order valence-electron chi connectivity index (χ1n) is 8.52. The molecule has 3 aliphatic heterocycles. The molecule has 1 atom stereocenters. The van der Waals surface area contributed by atoms with E-state index in [0.29, 0.717) is 31.2 Å². The first-order chi connectivity index (χ1) is 11.4. The lowest BCUT2D eigenvalue weighted by Gasteiger charge is -2.36. The molecule has 5 N–H and O–H groups in total. The highest BCUT2D eigenvalue weighted by Gasteiger charge is 2.50. The molecular formula is C16H24N6O2. The third-order valence-electron chi connectivity index (χ3n) is 5.66.